The monoisotopic (exact) mass is 378 g/mol. The predicted molar refractivity (Wildman–Crippen MR) is 104 cm³/mol. The van der Waals surface area contributed by atoms with Crippen LogP contribution in [0.15, 0.2) is 49.1 Å². The molecule has 0 amide bonds. The van der Waals surface area contributed by atoms with E-state index >= 15 is 0 Å². The second kappa shape index (κ2) is 7.12. The first-order valence-electron chi connectivity index (χ1n) is 7.77. The third-order valence-electron chi connectivity index (χ3n) is 4.64. The first-order valence-corrected chi connectivity index (χ1v) is 8.59. The molecule has 8 heteroatoms. The first kappa shape index (κ1) is 17.9. The molecule has 6 nitrogen and oxygen atoms in total. The van der Waals surface area contributed by atoms with Crippen LogP contribution in [0, 0.1) is 34.0 Å². The van der Waals surface area contributed by atoms with Gasteiger partial charge in [-0.3, -0.25) is 9.97 Å². The van der Waals surface area contributed by atoms with Gasteiger partial charge in [0.2, 0.25) is 0 Å². The van der Waals surface area contributed by atoms with Crippen LogP contribution in [-0.2, 0) is 0 Å². The average molecular weight is 378 g/mol. The number of nitrogens with zero attached hydrogens (tertiary/aromatic N) is 4. The molecule has 2 aromatic heterocycles. The van der Waals surface area contributed by atoms with Gasteiger partial charge in [-0.2, -0.15) is 10.5 Å². The van der Waals surface area contributed by atoms with E-state index in [2.05, 4.69) is 27.4 Å². The number of nitriles is 2. The normalized spacial score (nSPS) is 27.6. The van der Waals surface area contributed by atoms with E-state index in [0.29, 0.717) is 10.6 Å². The maximum atomic E-state index is 10.2. The van der Waals surface area contributed by atoms with Crippen LogP contribution in [0.3, 0.4) is 0 Å². The molecular weight excluding hydrogens is 364 g/mol. The van der Waals surface area contributed by atoms with E-state index in [1.54, 1.807) is 43.0 Å². The van der Waals surface area contributed by atoms with Crippen LogP contribution in [0.25, 0.3) is 0 Å². The fraction of sp³-hybridized carbons (Fsp3) is 0.222. The van der Waals surface area contributed by atoms with Crippen molar-refractivity contribution < 1.29 is 0 Å². The van der Waals surface area contributed by atoms with Gasteiger partial charge in [-0.1, -0.05) is 36.6 Å². The van der Waals surface area contributed by atoms with E-state index in [0.717, 1.165) is 5.56 Å². The number of hydrogen-bond donors (Lipinski definition) is 2. The Morgan fingerprint density at radius 3 is 2.23 bits per heavy atom. The average Bonchev–Trinajstić information content (AvgIpc) is 2.68. The van der Waals surface area contributed by atoms with Gasteiger partial charge in [0.15, 0.2) is 0 Å². The lowest BCUT2D eigenvalue weighted by molar-refractivity contribution is 0.284. The summed E-state index contributed by atoms with van der Waals surface area (Å²) >= 11 is 10.8. The molecular formula is C18H14N6S2. The first-order chi connectivity index (χ1) is 12.6. The minimum atomic E-state index is -1.37. The Morgan fingerprint density at radius 2 is 1.77 bits per heavy atom. The van der Waals surface area contributed by atoms with Crippen molar-refractivity contribution in [2.24, 2.45) is 17.1 Å². The lowest BCUT2D eigenvalue weighted by Gasteiger charge is -2.47. The molecule has 0 bridgehead atoms. The molecule has 4 atom stereocenters. The zero-order valence-corrected chi connectivity index (χ0v) is 15.2. The standard InChI is InChI=1S/C18H14N6S2/c19-7-13-14(11-3-1-5-22-8-11)18(10-20,17(21)26)15(24-16(13)25)12-4-2-6-23-9-12/h1-6,8-9,13-15H,(H2,21,26)(H,24,25)/t13-,14+,15-,18-/m0/s1. The summed E-state index contributed by atoms with van der Waals surface area (Å²) in [5.74, 6) is -1.41. The number of nitrogens with two attached hydrogens (primary N) is 1. The van der Waals surface area contributed by atoms with Gasteiger partial charge in [0.1, 0.15) is 11.3 Å². The van der Waals surface area contributed by atoms with Crippen molar-refractivity contribution in [3.63, 3.8) is 0 Å². The van der Waals surface area contributed by atoms with Gasteiger partial charge in [0, 0.05) is 30.7 Å². The van der Waals surface area contributed by atoms with Gasteiger partial charge in [-0.25, -0.2) is 0 Å². The van der Waals surface area contributed by atoms with E-state index in [9.17, 15) is 10.5 Å². The van der Waals surface area contributed by atoms with Crippen molar-refractivity contribution in [3.8, 4) is 12.1 Å². The second-order valence-corrected chi connectivity index (χ2v) is 6.82. The number of nitrogens with one attached hydrogen (secondary N) is 1. The summed E-state index contributed by atoms with van der Waals surface area (Å²) in [6.45, 7) is 0. The predicted octanol–water partition coefficient (Wildman–Crippen LogP) is 2.17. The Labute approximate surface area is 161 Å². The zero-order valence-electron chi connectivity index (χ0n) is 13.5. The van der Waals surface area contributed by atoms with Crippen LogP contribution >= 0.6 is 24.4 Å². The summed E-state index contributed by atoms with van der Waals surface area (Å²) in [5, 5.41) is 23.1. The quantitative estimate of drug-likeness (QED) is 0.782. The van der Waals surface area contributed by atoms with Crippen LogP contribution in [0.4, 0.5) is 0 Å². The Balaban J connectivity index is 2.29. The number of thiocarbonyl (C=S) groups is 2. The molecule has 0 saturated carbocycles. The molecule has 1 aliphatic rings. The SMILES string of the molecule is N#C[C@@H]1C(=S)N[C@@H](c2cccnc2)[C@@](C#N)(C(N)=S)[C@@H]1c1cccnc1. The molecule has 1 saturated heterocycles. The third kappa shape index (κ3) is 2.70. The topological polar surface area (TPSA) is 111 Å². The van der Waals surface area contributed by atoms with Gasteiger partial charge in [0.05, 0.1) is 28.2 Å². The molecule has 1 aliphatic heterocycles. The van der Waals surface area contributed by atoms with E-state index in [1.165, 1.54) is 0 Å². The van der Waals surface area contributed by atoms with Crippen LogP contribution in [0.2, 0.25) is 0 Å². The van der Waals surface area contributed by atoms with Gasteiger partial charge >= 0.3 is 0 Å². The largest absolute Gasteiger partial charge is 0.392 e. The molecule has 128 valence electrons. The van der Waals surface area contributed by atoms with Crippen molar-refractivity contribution in [2.45, 2.75) is 12.0 Å². The Kier molecular flexibility index (Phi) is 4.90. The second-order valence-electron chi connectivity index (χ2n) is 5.94. The van der Waals surface area contributed by atoms with Crippen LogP contribution in [-0.4, -0.2) is 19.9 Å². The van der Waals surface area contributed by atoms with E-state index in [-0.39, 0.29) is 4.99 Å². The maximum Gasteiger partial charge on any atom is 0.140 e. The van der Waals surface area contributed by atoms with E-state index in [4.69, 9.17) is 30.2 Å². The molecule has 0 aromatic carbocycles. The molecule has 0 aliphatic carbocycles. The molecule has 2 aromatic rings. The number of rotatable bonds is 3. The highest BCUT2D eigenvalue weighted by Crippen LogP contribution is 2.52. The van der Waals surface area contributed by atoms with Crippen molar-refractivity contribution in [1.82, 2.24) is 15.3 Å². The smallest absolute Gasteiger partial charge is 0.140 e. The molecule has 3 rings (SSSR count). The minimum absolute atomic E-state index is 0.00189. The van der Waals surface area contributed by atoms with Gasteiger partial charge in [-0.05, 0) is 23.3 Å². The van der Waals surface area contributed by atoms with Crippen LogP contribution < -0.4 is 11.1 Å². The van der Waals surface area contributed by atoms with Crippen molar-refractivity contribution in [3.05, 3.63) is 60.2 Å². The number of pyridine rings is 2. The van der Waals surface area contributed by atoms with E-state index < -0.39 is 23.3 Å². The summed E-state index contributed by atoms with van der Waals surface area (Å²) < 4.78 is 0. The lowest BCUT2D eigenvalue weighted by atomic mass is 9.60. The fourth-order valence-electron chi connectivity index (χ4n) is 3.47. The third-order valence-corrected chi connectivity index (χ3v) is 5.35. The van der Waals surface area contributed by atoms with Crippen molar-refractivity contribution in [1.29, 1.82) is 10.5 Å². The molecule has 0 unspecified atom stereocenters. The highest BCUT2D eigenvalue weighted by molar-refractivity contribution is 7.80. The van der Waals surface area contributed by atoms with Crippen LogP contribution in [0.1, 0.15) is 23.1 Å². The van der Waals surface area contributed by atoms with Gasteiger partial charge in [0.25, 0.3) is 0 Å². The molecule has 0 spiro atoms. The summed E-state index contributed by atoms with van der Waals surface area (Å²) in [7, 11) is 0. The minimum Gasteiger partial charge on any atom is -0.392 e. The van der Waals surface area contributed by atoms with Crippen LogP contribution in [0.5, 0.6) is 0 Å². The number of aromatic nitrogens is 2. The highest BCUT2D eigenvalue weighted by atomic mass is 32.1. The summed E-state index contributed by atoms with van der Waals surface area (Å²) in [6, 6.07) is 11.0. The number of piperidine rings is 1. The Morgan fingerprint density at radius 1 is 1.15 bits per heavy atom. The van der Waals surface area contributed by atoms with Crippen molar-refractivity contribution >= 4 is 34.4 Å². The highest BCUT2D eigenvalue weighted by Gasteiger charge is 2.58. The molecule has 3 N–H and O–H groups in total. The molecule has 1 fully saturated rings. The Hall–Kier alpha value is -2.94. The summed E-state index contributed by atoms with van der Waals surface area (Å²) in [5.41, 5.74) is 6.14. The van der Waals surface area contributed by atoms with E-state index in [1.807, 2.05) is 6.07 Å². The fourth-order valence-corrected chi connectivity index (χ4v) is 4.06. The molecule has 26 heavy (non-hydrogen) atoms. The zero-order chi connectivity index (χ0) is 18.7. The molecule has 0 radical (unpaired) electrons. The summed E-state index contributed by atoms with van der Waals surface area (Å²) in [6.07, 6.45) is 6.51. The Bertz CT molecular complexity index is 918. The van der Waals surface area contributed by atoms with Gasteiger partial charge < -0.3 is 11.1 Å². The molecule has 3 heterocycles. The maximum absolute atomic E-state index is 10.2. The van der Waals surface area contributed by atoms with Crippen molar-refractivity contribution in [2.75, 3.05) is 0 Å². The lowest BCUT2D eigenvalue weighted by Crippen LogP contribution is -2.58. The number of hydrogen-bond acceptors (Lipinski definition) is 6. The summed E-state index contributed by atoms with van der Waals surface area (Å²) in [4.78, 5) is 8.60. The van der Waals surface area contributed by atoms with Gasteiger partial charge in [-0.15, -0.1) is 0 Å².